The second-order valence-electron chi connectivity index (χ2n) is 10.9. The van der Waals surface area contributed by atoms with E-state index in [4.69, 9.17) is 13.6 Å². The number of aliphatic hydroxyl groups is 1. The summed E-state index contributed by atoms with van der Waals surface area (Å²) in [6.45, 7) is 4.83. The number of fused-ring (bicyclic) bond motifs is 3. The minimum Gasteiger partial charge on any atom is -0.497 e. The Bertz CT molecular complexity index is 1610. The minimum atomic E-state index is -0.652. The number of aryl methyl sites for hydroxylation is 2. The van der Waals surface area contributed by atoms with Crippen LogP contribution in [-0.2, 0) is 11.2 Å². The molecule has 4 aromatic rings. The molecule has 1 saturated heterocycles. The number of nitrogens with zero attached hydrogens (tertiary/aromatic N) is 1. The number of piperidine rings is 1. The Labute approximate surface area is 221 Å². The predicted octanol–water partition coefficient (Wildman–Crippen LogP) is 5.53. The normalized spacial score (nSPS) is 21.6. The Hall–Kier alpha value is -3.58. The fraction of sp³-hybridized carbons (Fsp3) is 0.419. The van der Waals surface area contributed by atoms with Gasteiger partial charge in [-0.25, -0.2) is 4.79 Å². The lowest BCUT2D eigenvalue weighted by Crippen LogP contribution is -2.55. The number of likely N-dealkylation sites (tertiary alicyclic amines) is 1. The molecule has 6 rings (SSSR count). The fourth-order valence-electron chi connectivity index (χ4n) is 6.48. The van der Waals surface area contributed by atoms with Gasteiger partial charge in [0.15, 0.2) is 0 Å². The van der Waals surface area contributed by atoms with Gasteiger partial charge in [-0.15, -0.1) is 0 Å². The number of hydrogen-bond acceptors (Lipinski definition) is 6. The molecule has 1 saturated carbocycles. The summed E-state index contributed by atoms with van der Waals surface area (Å²) in [7, 11) is 1.64. The minimum absolute atomic E-state index is 0.0134. The summed E-state index contributed by atoms with van der Waals surface area (Å²) >= 11 is 0. The van der Waals surface area contributed by atoms with Crippen molar-refractivity contribution in [3.63, 3.8) is 0 Å². The van der Waals surface area contributed by atoms with Crippen LogP contribution in [0, 0.1) is 19.8 Å². The topological polar surface area (TPSA) is 93.1 Å². The smallest absolute Gasteiger partial charge is 0.340 e. The van der Waals surface area contributed by atoms with Crippen LogP contribution in [0.25, 0.3) is 33.1 Å². The summed E-state index contributed by atoms with van der Waals surface area (Å²) in [5, 5.41) is 12.7. The van der Waals surface area contributed by atoms with Crippen molar-refractivity contribution in [3.05, 3.63) is 63.7 Å². The predicted molar refractivity (Wildman–Crippen MR) is 146 cm³/mol. The molecule has 2 aromatic heterocycles. The van der Waals surface area contributed by atoms with Gasteiger partial charge in [0, 0.05) is 40.9 Å². The van der Waals surface area contributed by atoms with Gasteiger partial charge in [0.25, 0.3) is 0 Å². The van der Waals surface area contributed by atoms with E-state index in [-0.39, 0.29) is 18.2 Å². The van der Waals surface area contributed by atoms with E-state index in [0.717, 1.165) is 64.5 Å². The molecular weight excluding hydrogens is 482 g/mol. The van der Waals surface area contributed by atoms with E-state index in [0.29, 0.717) is 36.2 Å². The van der Waals surface area contributed by atoms with Crippen molar-refractivity contribution in [3.8, 4) is 16.9 Å². The number of hydrogen-bond donors (Lipinski definition) is 1. The Morgan fingerprint density at radius 3 is 2.79 bits per heavy atom. The number of carbonyl (C=O) groups excluding carboxylic acids is 1. The largest absolute Gasteiger partial charge is 0.497 e. The first-order chi connectivity index (χ1) is 18.3. The lowest BCUT2D eigenvalue weighted by Gasteiger charge is -2.47. The quantitative estimate of drug-likeness (QED) is 0.360. The van der Waals surface area contributed by atoms with Crippen LogP contribution in [0.1, 0.15) is 48.8 Å². The van der Waals surface area contributed by atoms with Crippen LogP contribution in [0.3, 0.4) is 0 Å². The van der Waals surface area contributed by atoms with Crippen LogP contribution in [0.2, 0.25) is 0 Å². The van der Waals surface area contributed by atoms with Crippen LogP contribution in [-0.4, -0.2) is 41.7 Å². The fourth-order valence-corrected chi connectivity index (χ4v) is 6.48. The highest BCUT2D eigenvalue weighted by Gasteiger charge is 2.43. The molecule has 2 fully saturated rings. The number of benzene rings is 2. The molecule has 38 heavy (non-hydrogen) atoms. The van der Waals surface area contributed by atoms with Gasteiger partial charge in [0.2, 0.25) is 5.91 Å². The first-order valence-corrected chi connectivity index (χ1v) is 13.4. The average Bonchev–Trinajstić information content (AvgIpc) is 3.35. The molecule has 2 aliphatic rings. The molecule has 1 amide bonds. The van der Waals surface area contributed by atoms with Crippen molar-refractivity contribution in [2.45, 2.75) is 58.0 Å². The van der Waals surface area contributed by atoms with Gasteiger partial charge in [0.05, 0.1) is 31.0 Å². The Morgan fingerprint density at radius 2 is 1.97 bits per heavy atom. The molecule has 2 aromatic carbocycles. The van der Waals surface area contributed by atoms with Gasteiger partial charge >= 0.3 is 5.63 Å². The highest BCUT2D eigenvalue weighted by atomic mass is 16.5. The summed E-state index contributed by atoms with van der Waals surface area (Å²) in [6.07, 6.45) is 6.18. The first kappa shape index (κ1) is 24.7. The number of furan rings is 1. The van der Waals surface area contributed by atoms with Crippen LogP contribution in [0.4, 0.5) is 0 Å². The summed E-state index contributed by atoms with van der Waals surface area (Å²) in [6, 6.07) is 9.78. The van der Waals surface area contributed by atoms with Crippen LogP contribution < -0.4 is 10.4 Å². The van der Waals surface area contributed by atoms with Crippen molar-refractivity contribution in [2.24, 2.45) is 5.92 Å². The molecule has 1 N–H and O–H groups in total. The summed E-state index contributed by atoms with van der Waals surface area (Å²) in [5.74, 6) is 0.766. The van der Waals surface area contributed by atoms with Gasteiger partial charge < -0.3 is 23.6 Å². The van der Waals surface area contributed by atoms with E-state index >= 15 is 0 Å². The Balaban J connectivity index is 1.37. The number of methoxy groups -OCH3 is 1. The number of carbonyl (C=O) groups is 1. The third-order valence-electron chi connectivity index (χ3n) is 8.83. The zero-order valence-electron chi connectivity index (χ0n) is 22.1. The highest BCUT2D eigenvalue weighted by molar-refractivity contribution is 6.05. The van der Waals surface area contributed by atoms with Crippen molar-refractivity contribution in [1.82, 2.24) is 4.90 Å². The zero-order chi connectivity index (χ0) is 26.6. The van der Waals surface area contributed by atoms with Gasteiger partial charge in [0.1, 0.15) is 16.9 Å². The maximum Gasteiger partial charge on any atom is 0.340 e. The number of amides is 1. The van der Waals surface area contributed by atoms with E-state index in [1.165, 1.54) is 0 Å². The van der Waals surface area contributed by atoms with E-state index in [2.05, 4.69) is 0 Å². The van der Waals surface area contributed by atoms with Gasteiger partial charge in [-0.05, 0) is 62.4 Å². The second kappa shape index (κ2) is 9.31. The first-order valence-electron chi connectivity index (χ1n) is 13.4. The third kappa shape index (κ3) is 4.00. The van der Waals surface area contributed by atoms with Crippen molar-refractivity contribution < 1.29 is 23.5 Å². The van der Waals surface area contributed by atoms with Crippen molar-refractivity contribution >= 4 is 27.8 Å². The molecule has 7 nitrogen and oxygen atoms in total. The summed E-state index contributed by atoms with van der Waals surface area (Å²) in [4.78, 5) is 28.3. The third-order valence-corrected chi connectivity index (χ3v) is 8.83. The van der Waals surface area contributed by atoms with Crippen molar-refractivity contribution in [1.29, 1.82) is 0 Å². The molecule has 0 radical (unpaired) electrons. The molecule has 2 atom stereocenters. The van der Waals surface area contributed by atoms with E-state index in [1.54, 1.807) is 13.4 Å². The summed E-state index contributed by atoms with van der Waals surface area (Å²) in [5.41, 5.74) is 3.76. The van der Waals surface area contributed by atoms with Crippen LogP contribution >= 0.6 is 0 Å². The monoisotopic (exact) mass is 515 g/mol. The van der Waals surface area contributed by atoms with Gasteiger partial charge in [-0.2, -0.15) is 0 Å². The lowest BCUT2D eigenvalue weighted by atomic mass is 9.71. The number of rotatable bonds is 4. The molecule has 1 aliphatic carbocycles. The van der Waals surface area contributed by atoms with Gasteiger partial charge in [-0.3, -0.25) is 4.79 Å². The molecule has 0 bridgehead atoms. The van der Waals surface area contributed by atoms with Crippen molar-refractivity contribution in [2.75, 3.05) is 20.2 Å². The average molecular weight is 516 g/mol. The molecule has 0 unspecified atom stereocenters. The second-order valence-corrected chi connectivity index (χ2v) is 10.9. The van der Waals surface area contributed by atoms with E-state index < -0.39 is 11.2 Å². The van der Waals surface area contributed by atoms with Gasteiger partial charge in [-0.1, -0.05) is 25.0 Å². The van der Waals surface area contributed by atoms with Crippen LogP contribution in [0.5, 0.6) is 5.75 Å². The van der Waals surface area contributed by atoms with E-state index in [1.807, 2.05) is 49.1 Å². The molecule has 198 valence electrons. The van der Waals surface area contributed by atoms with E-state index in [9.17, 15) is 14.7 Å². The summed E-state index contributed by atoms with van der Waals surface area (Å²) < 4.78 is 17.1. The zero-order valence-corrected chi connectivity index (χ0v) is 22.1. The number of ether oxygens (including phenoxy) is 1. The molecule has 3 heterocycles. The SMILES string of the molecule is COc1cccc(-c2coc3c(C)c4oc(=O)c(CC(=O)N5CC[C@@]6(O)CCCC[C@@H]6C5)c(C)c4cc23)c1. The molecule has 0 spiro atoms. The standard InChI is InChI=1S/C31H33NO6/c1-18-23-14-25-26(20-7-6-9-22(13-20)36-3)17-37-28(25)19(2)29(23)38-30(34)24(18)15-27(33)32-12-11-31(35)10-5-4-8-21(31)16-32/h6-7,9,13-14,17,21,35H,4-5,8,10-12,15-16H2,1-3H3/t21-,31+/m1/s1. The van der Waals surface area contributed by atoms with Crippen LogP contribution in [0.15, 0.2) is 50.2 Å². The molecule has 7 heteroatoms. The maximum atomic E-state index is 13.4. The molecule has 1 aliphatic heterocycles. The highest BCUT2D eigenvalue weighted by Crippen LogP contribution is 2.40. The lowest BCUT2D eigenvalue weighted by molar-refractivity contribution is -0.142. The molecular formula is C31H33NO6. The Kier molecular flexibility index (Phi) is 6.06. The Morgan fingerprint density at radius 1 is 1.13 bits per heavy atom. The maximum absolute atomic E-state index is 13.4.